The standard InChI is InChI=1S/C12H21N3O/c16-12(11-3-1-2-4-11)14-7-10-15-8-5-13-6-9-15/h1-2,11,13H,3-10H2,(H,14,16). The molecule has 90 valence electrons. The molecular weight excluding hydrogens is 202 g/mol. The van der Waals surface area contributed by atoms with E-state index in [0.29, 0.717) is 0 Å². The number of carbonyl (C=O) groups is 1. The zero-order valence-electron chi connectivity index (χ0n) is 9.74. The van der Waals surface area contributed by atoms with Crippen LogP contribution in [0.4, 0.5) is 0 Å². The molecule has 2 N–H and O–H groups in total. The average molecular weight is 223 g/mol. The van der Waals surface area contributed by atoms with Crippen molar-refractivity contribution in [3.05, 3.63) is 12.2 Å². The Kier molecular flexibility index (Phi) is 4.36. The highest BCUT2D eigenvalue weighted by Crippen LogP contribution is 2.17. The third-order valence-corrected chi connectivity index (χ3v) is 3.32. The number of carbonyl (C=O) groups excluding carboxylic acids is 1. The number of nitrogens with zero attached hydrogens (tertiary/aromatic N) is 1. The van der Waals surface area contributed by atoms with Crippen LogP contribution in [0.15, 0.2) is 12.2 Å². The van der Waals surface area contributed by atoms with E-state index in [9.17, 15) is 4.79 Å². The van der Waals surface area contributed by atoms with E-state index in [-0.39, 0.29) is 11.8 Å². The van der Waals surface area contributed by atoms with Crippen LogP contribution in [-0.4, -0.2) is 50.1 Å². The fourth-order valence-corrected chi connectivity index (χ4v) is 2.25. The molecule has 1 amide bonds. The van der Waals surface area contributed by atoms with Gasteiger partial charge in [0.25, 0.3) is 0 Å². The molecule has 0 saturated carbocycles. The SMILES string of the molecule is O=C(NCCN1CCNCC1)C1CC=CC1. The monoisotopic (exact) mass is 223 g/mol. The summed E-state index contributed by atoms with van der Waals surface area (Å²) in [4.78, 5) is 14.1. The number of nitrogens with one attached hydrogen (secondary N) is 2. The normalized spacial score (nSPS) is 22.5. The maximum absolute atomic E-state index is 11.7. The molecule has 2 aliphatic rings. The number of hydrogen-bond donors (Lipinski definition) is 2. The quantitative estimate of drug-likeness (QED) is 0.658. The highest BCUT2D eigenvalue weighted by atomic mass is 16.1. The lowest BCUT2D eigenvalue weighted by molar-refractivity contribution is -0.124. The number of amides is 1. The summed E-state index contributed by atoms with van der Waals surface area (Å²) < 4.78 is 0. The first-order valence-electron chi connectivity index (χ1n) is 6.22. The van der Waals surface area contributed by atoms with Gasteiger partial charge >= 0.3 is 0 Å². The Hall–Kier alpha value is -0.870. The molecule has 0 spiro atoms. The summed E-state index contributed by atoms with van der Waals surface area (Å²) in [7, 11) is 0. The molecule has 1 aliphatic carbocycles. The number of allylic oxidation sites excluding steroid dienone is 2. The highest BCUT2D eigenvalue weighted by molar-refractivity contribution is 5.79. The molecule has 4 heteroatoms. The zero-order chi connectivity index (χ0) is 11.2. The first-order chi connectivity index (χ1) is 7.86. The number of rotatable bonds is 4. The van der Waals surface area contributed by atoms with Crippen LogP contribution in [0.2, 0.25) is 0 Å². The van der Waals surface area contributed by atoms with Crippen LogP contribution in [0.1, 0.15) is 12.8 Å². The van der Waals surface area contributed by atoms with Crippen molar-refractivity contribution in [2.45, 2.75) is 12.8 Å². The Bertz CT molecular complexity index is 251. The van der Waals surface area contributed by atoms with Gasteiger partial charge in [0.1, 0.15) is 0 Å². The van der Waals surface area contributed by atoms with Gasteiger partial charge in [0, 0.05) is 45.2 Å². The molecule has 1 heterocycles. The van der Waals surface area contributed by atoms with Gasteiger partial charge in [0.2, 0.25) is 5.91 Å². The predicted octanol–water partition coefficient (Wildman–Crippen LogP) is -0.0260. The Labute approximate surface area is 97.1 Å². The van der Waals surface area contributed by atoms with Crippen LogP contribution in [0.3, 0.4) is 0 Å². The van der Waals surface area contributed by atoms with Gasteiger partial charge in [0.05, 0.1) is 0 Å². The van der Waals surface area contributed by atoms with Gasteiger partial charge in [-0.25, -0.2) is 0 Å². The molecule has 0 radical (unpaired) electrons. The molecule has 0 aromatic carbocycles. The van der Waals surface area contributed by atoms with Gasteiger partial charge < -0.3 is 10.6 Å². The summed E-state index contributed by atoms with van der Waals surface area (Å²) in [6.45, 7) is 6.10. The van der Waals surface area contributed by atoms with E-state index in [1.165, 1.54) is 0 Å². The highest BCUT2D eigenvalue weighted by Gasteiger charge is 2.18. The van der Waals surface area contributed by atoms with Gasteiger partial charge in [-0.2, -0.15) is 0 Å². The summed E-state index contributed by atoms with van der Waals surface area (Å²) >= 11 is 0. The maximum atomic E-state index is 11.7. The van der Waals surface area contributed by atoms with E-state index in [4.69, 9.17) is 0 Å². The van der Waals surface area contributed by atoms with E-state index >= 15 is 0 Å². The first-order valence-corrected chi connectivity index (χ1v) is 6.22. The molecule has 2 rings (SSSR count). The van der Waals surface area contributed by atoms with Crippen molar-refractivity contribution in [2.75, 3.05) is 39.3 Å². The average Bonchev–Trinajstić information content (AvgIpc) is 2.84. The van der Waals surface area contributed by atoms with Crippen molar-refractivity contribution < 1.29 is 4.79 Å². The third-order valence-electron chi connectivity index (χ3n) is 3.32. The van der Waals surface area contributed by atoms with Gasteiger partial charge in [0.15, 0.2) is 0 Å². The molecule has 4 nitrogen and oxygen atoms in total. The molecular formula is C12H21N3O. The smallest absolute Gasteiger partial charge is 0.223 e. The minimum atomic E-state index is 0.197. The topological polar surface area (TPSA) is 44.4 Å². The fourth-order valence-electron chi connectivity index (χ4n) is 2.25. The van der Waals surface area contributed by atoms with Crippen molar-refractivity contribution in [3.63, 3.8) is 0 Å². The Morgan fingerprint density at radius 3 is 2.69 bits per heavy atom. The Morgan fingerprint density at radius 2 is 2.00 bits per heavy atom. The van der Waals surface area contributed by atoms with E-state index in [1.807, 2.05) is 0 Å². The Balaban J connectivity index is 1.58. The minimum absolute atomic E-state index is 0.197. The van der Waals surface area contributed by atoms with Crippen LogP contribution in [0.25, 0.3) is 0 Å². The zero-order valence-corrected chi connectivity index (χ0v) is 9.74. The van der Waals surface area contributed by atoms with Gasteiger partial charge in [-0.3, -0.25) is 9.69 Å². The van der Waals surface area contributed by atoms with Crippen LogP contribution in [-0.2, 0) is 4.79 Å². The lowest BCUT2D eigenvalue weighted by Gasteiger charge is -2.27. The van der Waals surface area contributed by atoms with Crippen molar-refractivity contribution >= 4 is 5.91 Å². The van der Waals surface area contributed by atoms with Crippen LogP contribution in [0.5, 0.6) is 0 Å². The summed E-state index contributed by atoms with van der Waals surface area (Å²) in [5.74, 6) is 0.420. The number of piperazine rings is 1. The fraction of sp³-hybridized carbons (Fsp3) is 0.750. The minimum Gasteiger partial charge on any atom is -0.355 e. The van der Waals surface area contributed by atoms with Gasteiger partial charge in [-0.1, -0.05) is 12.2 Å². The molecule has 0 bridgehead atoms. The molecule has 0 aromatic rings. The Morgan fingerprint density at radius 1 is 1.31 bits per heavy atom. The largest absolute Gasteiger partial charge is 0.355 e. The molecule has 0 atom stereocenters. The second-order valence-corrected chi connectivity index (χ2v) is 4.52. The third kappa shape index (κ3) is 3.32. The van der Waals surface area contributed by atoms with Crippen molar-refractivity contribution in [3.8, 4) is 0 Å². The molecule has 16 heavy (non-hydrogen) atoms. The molecule has 1 aliphatic heterocycles. The lowest BCUT2D eigenvalue weighted by Crippen LogP contribution is -2.46. The van der Waals surface area contributed by atoms with Gasteiger partial charge in [-0.05, 0) is 12.8 Å². The maximum Gasteiger partial charge on any atom is 0.223 e. The summed E-state index contributed by atoms with van der Waals surface area (Å²) in [6.07, 6.45) is 6.03. The first kappa shape index (κ1) is 11.6. The van der Waals surface area contributed by atoms with Crippen LogP contribution in [0, 0.1) is 5.92 Å². The summed E-state index contributed by atoms with van der Waals surface area (Å²) in [5.41, 5.74) is 0. The molecule has 1 fully saturated rings. The van der Waals surface area contributed by atoms with Crippen molar-refractivity contribution in [2.24, 2.45) is 5.92 Å². The van der Waals surface area contributed by atoms with E-state index in [1.54, 1.807) is 0 Å². The van der Waals surface area contributed by atoms with Crippen LogP contribution >= 0.6 is 0 Å². The van der Waals surface area contributed by atoms with Crippen molar-refractivity contribution in [1.82, 2.24) is 15.5 Å². The number of hydrogen-bond acceptors (Lipinski definition) is 3. The predicted molar refractivity (Wildman–Crippen MR) is 64.2 cm³/mol. The lowest BCUT2D eigenvalue weighted by atomic mass is 10.1. The molecule has 1 saturated heterocycles. The second kappa shape index (κ2) is 6.01. The second-order valence-electron chi connectivity index (χ2n) is 4.52. The van der Waals surface area contributed by atoms with E-state index in [2.05, 4.69) is 27.7 Å². The van der Waals surface area contributed by atoms with Crippen LogP contribution < -0.4 is 10.6 Å². The van der Waals surface area contributed by atoms with E-state index < -0.39 is 0 Å². The molecule has 0 aromatic heterocycles. The van der Waals surface area contributed by atoms with Crippen molar-refractivity contribution in [1.29, 1.82) is 0 Å². The van der Waals surface area contributed by atoms with Gasteiger partial charge in [-0.15, -0.1) is 0 Å². The summed E-state index contributed by atoms with van der Waals surface area (Å²) in [5, 5.41) is 6.35. The summed E-state index contributed by atoms with van der Waals surface area (Å²) in [6, 6.07) is 0. The molecule has 0 unspecified atom stereocenters. The van der Waals surface area contributed by atoms with E-state index in [0.717, 1.165) is 52.1 Å².